The lowest BCUT2D eigenvalue weighted by Crippen LogP contribution is -2.43. The highest BCUT2D eigenvalue weighted by Crippen LogP contribution is 2.37. The molecule has 8 nitrogen and oxygen atoms in total. The van der Waals surface area contributed by atoms with Crippen LogP contribution in [0.2, 0.25) is 0 Å². The number of nitrogens with zero attached hydrogens (tertiary/aromatic N) is 2. The molecule has 22 heavy (non-hydrogen) atoms. The third-order valence-corrected chi connectivity index (χ3v) is 5.78. The van der Waals surface area contributed by atoms with Crippen LogP contribution in [0.15, 0.2) is 23.1 Å². The van der Waals surface area contributed by atoms with E-state index in [1.54, 1.807) is 0 Å². The van der Waals surface area contributed by atoms with E-state index in [9.17, 15) is 18.5 Å². The topological polar surface area (TPSA) is 116 Å². The Morgan fingerprint density at radius 1 is 1.50 bits per heavy atom. The summed E-state index contributed by atoms with van der Waals surface area (Å²) in [7, 11) is -1.09. The van der Waals surface area contributed by atoms with E-state index in [1.807, 2.05) is 0 Å². The van der Waals surface area contributed by atoms with Crippen LogP contribution in [0.3, 0.4) is 0 Å². The quantitative estimate of drug-likeness (QED) is 0.588. The highest BCUT2D eigenvalue weighted by atomic mass is 32.2. The van der Waals surface area contributed by atoms with Crippen LogP contribution < -0.4 is 10.5 Å². The maximum Gasteiger partial charge on any atom is 0.312 e. The van der Waals surface area contributed by atoms with Crippen LogP contribution in [0.5, 0.6) is 5.75 Å². The van der Waals surface area contributed by atoms with Gasteiger partial charge >= 0.3 is 5.69 Å². The second-order valence-electron chi connectivity index (χ2n) is 5.25. The average Bonchev–Trinajstić information content (AvgIpc) is 3.31. The fourth-order valence-electron chi connectivity index (χ4n) is 2.44. The van der Waals surface area contributed by atoms with Crippen LogP contribution in [0.1, 0.15) is 12.8 Å². The van der Waals surface area contributed by atoms with Crippen molar-refractivity contribution in [1.29, 1.82) is 0 Å². The van der Waals surface area contributed by atoms with E-state index >= 15 is 0 Å². The zero-order valence-corrected chi connectivity index (χ0v) is 13.2. The fraction of sp³-hybridized carbons (Fsp3) is 0.538. The standard InChI is InChI=1S/C13H19N3O5S/c1-15(12(8-14)9-3-4-9)22(19,20)10-5-6-13(21-2)11(7-10)16(17)18/h5-7,9,12H,3-4,8,14H2,1-2H3. The highest BCUT2D eigenvalue weighted by molar-refractivity contribution is 7.89. The molecule has 1 aromatic carbocycles. The number of nitro groups is 1. The van der Waals surface area contributed by atoms with Crippen molar-refractivity contribution in [2.45, 2.75) is 23.8 Å². The number of sulfonamides is 1. The second kappa shape index (κ2) is 6.19. The number of hydrogen-bond donors (Lipinski definition) is 1. The van der Waals surface area contributed by atoms with Gasteiger partial charge in [0.05, 0.1) is 16.9 Å². The number of methoxy groups -OCH3 is 1. The van der Waals surface area contributed by atoms with Gasteiger partial charge in [-0.15, -0.1) is 0 Å². The monoisotopic (exact) mass is 329 g/mol. The van der Waals surface area contributed by atoms with Gasteiger partial charge in [0.1, 0.15) is 0 Å². The summed E-state index contributed by atoms with van der Waals surface area (Å²) in [6, 6.07) is 3.32. The molecule has 1 unspecified atom stereocenters. The van der Waals surface area contributed by atoms with Gasteiger partial charge in [-0.3, -0.25) is 10.1 Å². The first-order valence-electron chi connectivity index (χ1n) is 6.83. The van der Waals surface area contributed by atoms with E-state index in [2.05, 4.69) is 0 Å². The predicted octanol–water partition coefficient (Wildman–Crippen LogP) is 0.961. The van der Waals surface area contributed by atoms with Crippen molar-refractivity contribution in [3.05, 3.63) is 28.3 Å². The number of hydrogen-bond acceptors (Lipinski definition) is 6. The number of nitrogens with two attached hydrogens (primary N) is 1. The first-order chi connectivity index (χ1) is 10.3. The molecule has 0 bridgehead atoms. The van der Waals surface area contributed by atoms with Crippen molar-refractivity contribution in [2.24, 2.45) is 11.7 Å². The number of benzene rings is 1. The summed E-state index contributed by atoms with van der Waals surface area (Å²) >= 11 is 0. The summed E-state index contributed by atoms with van der Waals surface area (Å²) in [5, 5.41) is 11.0. The van der Waals surface area contributed by atoms with Crippen molar-refractivity contribution >= 4 is 15.7 Å². The van der Waals surface area contributed by atoms with E-state index in [4.69, 9.17) is 10.5 Å². The summed E-state index contributed by atoms with van der Waals surface area (Å²) < 4.78 is 31.4. The molecule has 122 valence electrons. The van der Waals surface area contributed by atoms with Crippen molar-refractivity contribution in [3.63, 3.8) is 0 Å². The molecule has 2 N–H and O–H groups in total. The lowest BCUT2D eigenvalue weighted by Gasteiger charge is -2.26. The Morgan fingerprint density at radius 3 is 2.59 bits per heavy atom. The van der Waals surface area contributed by atoms with Crippen LogP contribution in [0.4, 0.5) is 5.69 Å². The van der Waals surface area contributed by atoms with E-state index in [-0.39, 0.29) is 34.8 Å². The number of ether oxygens (including phenoxy) is 1. The Balaban J connectivity index is 2.40. The van der Waals surface area contributed by atoms with E-state index in [0.717, 1.165) is 18.9 Å². The molecule has 0 aliphatic heterocycles. The minimum atomic E-state index is -3.84. The van der Waals surface area contributed by atoms with Gasteiger partial charge in [0.15, 0.2) is 5.75 Å². The molecular weight excluding hydrogens is 310 g/mol. The number of likely N-dealkylation sites (N-methyl/N-ethyl adjacent to an activating group) is 1. The Morgan fingerprint density at radius 2 is 2.14 bits per heavy atom. The van der Waals surface area contributed by atoms with Gasteiger partial charge in [-0.2, -0.15) is 4.31 Å². The summed E-state index contributed by atoms with van der Waals surface area (Å²) in [6.45, 7) is 0.221. The minimum absolute atomic E-state index is 0.0178. The summed E-state index contributed by atoms with van der Waals surface area (Å²) in [4.78, 5) is 10.2. The van der Waals surface area contributed by atoms with Crippen molar-refractivity contribution in [1.82, 2.24) is 4.31 Å². The maximum atomic E-state index is 12.6. The van der Waals surface area contributed by atoms with Crippen LogP contribution in [0, 0.1) is 16.0 Å². The largest absolute Gasteiger partial charge is 0.490 e. The molecule has 0 radical (unpaired) electrons. The maximum absolute atomic E-state index is 12.6. The average molecular weight is 329 g/mol. The molecule has 1 atom stereocenters. The normalized spacial score (nSPS) is 16.5. The van der Waals surface area contributed by atoms with Crippen molar-refractivity contribution < 1.29 is 18.1 Å². The molecule has 1 saturated carbocycles. The summed E-state index contributed by atoms with van der Waals surface area (Å²) in [5.41, 5.74) is 5.30. The van der Waals surface area contributed by atoms with Gasteiger partial charge in [-0.1, -0.05) is 0 Å². The molecule has 1 aromatic rings. The first-order valence-corrected chi connectivity index (χ1v) is 8.27. The van der Waals surface area contributed by atoms with Gasteiger partial charge in [-0.25, -0.2) is 8.42 Å². The fourth-order valence-corrected chi connectivity index (χ4v) is 3.88. The SMILES string of the molecule is COc1ccc(S(=O)(=O)N(C)C(CN)C2CC2)cc1[N+](=O)[O-]. The van der Waals surface area contributed by atoms with Crippen molar-refractivity contribution in [3.8, 4) is 5.75 Å². The summed E-state index contributed by atoms with van der Waals surface area (Å²) in [5.74, 6) is 0.280. The molecule has 0 saturated heterocycles. The van der Waals surface area contributed by atoms with Gasteiger partial charge < -0.3 is 10.5 Å². The molecule has 0 spiro atoms. The van der Waals surface area contributed by atoms with Gasteiger partial charge in [0, 0.05) is 25.7 Å². The molecule has 2 rings (SSSR count). The Kier molecular flexibility index (Phi) is 4.69. The number of rotatable bonds is 7. The molecular formula is C13H19N3O5S. The van der Waals surface area contributed by atoms with Gasteiger partial charge in [-0.05, 0) is 30.9 Å². The molecule has 1 fully saturated rings. The lowest BCUT2D eigenvalue weighted by atomic mass is 10.2. The van der Waals surface area contributed by atoms with Gasteiger partial charge in [0.25, 0.3) is 0 Å². The molecule has 0 amide bonds. The molecule has 1 aliphatic rings. The van der Waals surface area contributed by atoms with Crippen LogP contribution in [0.25, 0.3) is 0 Å². The number of nitro benzene ring substituents is 1. The Bertz CT molecular complexity index is 672. The third kappa shape index (κ3) is 3.06. The zero-order valence-electron chi connectivity index (χ0n) is 12.4. The molecule has 9 heteroatoms. The third-order valence-electron chi connectivity index (χ3n) is 3.90. The zero-order chi connectivity index (χ0) is 16.5. The van der Waals surface area contributed by atoms with E-state index in [1.165, 1.54) is 30.6 Å². The van der Waals surface area contributed by atoms with E-state index < -0.39 is 14.9 Å². The van der Waals surface area contributed by atoms with Crippen LogP contribution in [-0.4, -0.2) is 44.4 Å². The summed E-state index contributed by atoms with van der Waals surface area (Å²) in [6.07, 6.45) is 1.90. The molecule has 1 aliphatic carbocycles. The second-order valence-corrected chi connectivity index (χ2v) is 7.25. The molecule has 0 heterocycles. The Labute approximate surface area is 129 Å². The van der Waals surface area contributed by atoms with Crippen molar-refractivity contribution in [2.75, 3.05) is 20.7 Å². The van der Waals surface area contributed by atoms with Crippen LogP contribution in [-0.2, 0) is 10.0 Å². The lowest BCUT2D eigenvalue weighted by molar-refractivity contribution is -0.386. The van der Waals surface area contributed by atoms with Crippen LogP contribution >= 0.6 is 0 Å². The highest BCUT2D eigenvalue weighted by Gasteiger charge is 2.38. The van der Waals surface area contributed by atoms with Gasteiger partial charge in [0.2, 0.25) is 10.0 Å². The Hall–Kier alpha value is -1.71. The van der Waals surface area contributed by atoms with E-state index in [0.29, 0.717) is 0 Å². The smallest absolute Gasteiger partial charge is 0.312 e. The predicted molar refractivity (Wildman–Crippen MR) is 80.2 cm³/mol. The molecule has 0 aromatic heterocycles. The minimum Gasteiger partial charge on any atom is -0.490 e. The first kappa shape index (κ1) is 16.7.